The van der Waals surface area contributed by atoms with Gasteiger partial charge in [-0.15, -0.1) is 11.3 Å². The largest absolute Gasteiger partial charge is 0.394 e. The fourth-order valence-electron chi connectivity index (χ4n) is 0.874. The van der Waals surface area contributed by atoms with Crippen LogP contribution in [0.3, 0.4) is 0 Å². The maximum absolute atomic E-state index is 8.75. The van der Waals surface area contributed by atoms with Crippen molar-refractivity contribution < 1.29 is 5.11 Å². The first-order chi connectivity index (χ1) is 5.27. The Bertz CT molecular complexity index is 222. The molecule has 1 atom stereocenters. The van der Waals surface area contributed by atoms with Crippen molar-refractivity contribution in [3.63, 3.8) is 0 Å². The minimum absolute atomic E-state index is 0.0314. The van der Waals surface area contributed by atoms with E-state index in [2.05, 4.69) is 13.0 Å². The van der Waals surface area contributed by atoms with E-state index < -0.39 is 0 Å². The summed E-state index contributed by atoms with van der Waals surface area (Å²) in [6.45, 7) is 2.14. The summed E-state index contributed by atoms with van der Waals surface area (Å²) in [7, 11) is 0. The van der Waals surface area contributed by atoms with E-state index in [1.807, 2.05) is 6.07 Å². The predicted molar refractivity (Wildman–Crippen MR) is 47.7 cm³/mol. The Morgan fingerprint density at radius 3 is 2.82 bits per heavy atom. The lowest BCUT2D eigenvalue weighted by Crippen LogP contribution is -2.12. The third-order valence-electron chi connectivity index (χ3n) is 1.59. The lowest BCUT2D eigenvalue weighted by Gasteiger charge is -2.02. The van der Waals surface area contributed by atoms with Gasteiger partial charge in [-0.2, -0.15) is 0 Å². The van der Waals surface area contributed by atoms with Crippen LogP contribution in [0.15, 0.2) is 12.1 Å². The van der Waals surface area contributed by atoms with Crippen molar-refractivity contribution in [1.82, 2.24) is 0 Å². The molecule has 0 aromatic carbocycles. The molecule has 0 aliphatic rings. The average molecular weight is 171 g/mol. The number of nitrogens with two attached hydrogens (primary N) is 1. The molecule has 1 aromatic heterocycles. The highest BCUT2D eigenvalue weighted by Gasteiger charge is 2.06. The van der Waals surface area contributed by atoms with Gasteiger partial charge in [0, 0.05) is 9.75 Å². The highest BCUT2D eigenvalue weighted by atomic mass is 32.1. The molecule has 0 spiro atoms. The Labute approximate surface area is 70.7 Å². The van der Waals surface area contributed by atoms with E-state index in [1.54, 1.807) is 11.3 Å². The summed E-state index contributed by atoms with van der Waals surface area (Å²) in [5.74, 6) is 0. The standard InChI is InChI=1S/C8H13NOS/c1-2-6-3-4-8(11-6)7(9)5-10/h3-4,7,10H,2,5,9H2,1H3. The van der Waals surface area contributed by atoms with Gasteiger partial charge in [0.1, 0.15) is 0 Å². The van der Waals surface area contributed by atoms with Gasteiger partial charge in [0.15, 0.2) is 0 Å². The smallest absolute Gasteiger partial charge is 0.0632 e. The normalized spacial score (nSPS) is 13.4. The molecule has 1 heterocycles. The molecular weight excluding hydrogens is 158 g/mol. The predicted octanol–water partition coefficient (Wildman–Crippen LogP) is 1.30. The van der Waals surface area contributed by atoms with E-state index in [0.29, 0.717) is 0 Å². The molecule has 0 bridgehead atoms. The van der Waals surface area contributed by atoms with Crippen molar-refractivity contribution in [2.24, 2.45) is 5.73 Å². The highest BCUT2D eigenvalue weighted by Crippen LogP contribution is 2.21. The summed E-state index contributed by atoms with van der Waals surface area (Å²) in [5, 5.41) is 8.75. The molecule has 0 amide bonds. The van der Waals surface area contributed by atoms with E-state index in [0.717, 1.165) is 11.3 Å². The van der Waals surface area contributed by atoms with Crippen molar-refractivity contribution in [2.75, 3.05) is 6.61 Å². The zero-order valence-corrected chi connectivity index (χ0v) is 7.40. The minimum Gasteiger partial charge on any atom is -0.394 e. The molecule has 0 fully saturated rings. The van der Waals surface area contributed by atoms with Crippen LogP contribution in [0.2, 0.25) is 0 Å². The number of aliphatic hydroxyl groups is 1. The molecule has 3 heteroatoms. The number of hydrogen-bond acceptors (Lipinski definition) is 3. The number of aliphatic hydroxyl groups excluding tert-OH is 1. The lowest BCUT2D eigenvalue weighted by molar-refractivity contribution is 0.269. The molecule has 1 rings (SSSR count). The number of thiophene rings is 1. The molecule has 0 aliphatic heterocycles. The maximum atomic E-state index is 8.75. The van der Waals surface area contributed by atoms with Gasteiger partial charge in [0.2, 0.25) is 0 Å². The number of aryl methyl sites for hydroxylation is 1. The molecule has 3 N–H and O–H groups in total. The molecule has 0 saturated heterocycles. The van der Waals surface area contributed by atoms with Gasteiger partial charge in [0.25, 0.3) is 0 Å². The first-order valence-electron chi connectivity index (χ1n) is 3.73. The Morgan fingerprint density at radius 2 is 2.36 bits per heavy atom. The van der Waals surface area contributed by atoms with Crippen molar-refractivity contribution in [1.29, 1.82) is 0 Å². The van der Waals surface area contributed by atoms with Crippen LogP contribution in [0.25, 0.3) is 0 Å². The summed E-state index contributed by atoms with van der Waals surface area (Å²) in [6, 6.07) is 3.86. The lowest BCUT2D eigenvalue weighted by atomic mass is 10.3. The second-order valence-electron chi connectivity index (χ2n) is 2.45. The summed E-state index contributed by atoms with van der Waals surface area (Å²) in [5.41, 5.74) is 5.62. The molecule has 1 aromatic rings. The molecule has 0 aliphatic carbocycles. The van der Waals surface area contributed by atoms with E-state index in [-0.39, 0.29) is 12.6 Å². The van der Waals surface area contributed by atoms with Gasteiger partial charge < -0.3 is 10.8 Å². The fraction of sp³-hybridized carbons (Fsp3) is 0.500. The molecule has 0 saturated carbocycles. The van der Waals surface area contributed by atoms with Crippen LogP contribution >= 0.6 is 11.3 Å². The molecule has 62 valence electrons. The van der Waals surface area contributed by atoms with E-state index in [1.165, 1.54) is 4.88 Å². The molecular formula is C8H13NOS. The van der Waals surface area contributed by atoms with Crippen LogP contribution in [0.4, 0.5) is 0 Å². The summed E-state index contributed by atoms with van der Waals surface area (Å²) in [4.78, 5) is 2.40. The SMILES string of the molecule is CCc1ccc(C(N)CO)s1. The van der Waals surface area contributed by atoms with Crippen LogP contribution in [-0.4, -0.2) is 11.7 Å². The van der Waals surface area contributed by atoms with Gasteiger partial charge >= 0.3 is 0 Å². The summed E-state index contributed by atoms with van der Waals surface area (Å²) in [6.07, 6.45) is 1.04. The topological polar surface area (TPSA) is 46.2 Å². The third-order valence-corrected chi connectivity index (χ3v) is 2.95. The van der Waals surface area contributed by atoms with Gasteiger partial charge in [-0.05, 0) is 18.6 Å². The van der Waals surface area contributed by atoms with Crippen molar-refractivity contribution in [2.45, 2.75) is 19.4 Å². The van der Waals surface area contributed by atoms with Crippen LogP contribution in [0, 0.1) is 0 Å². The zero-order valence-electron chi connectivity index (χ0n) is 6.58. The molecule has 11 heavy (non-hydrogen) atoms. The molecule has 1 unspecified atom stereocenters. The number of rotatable bonds is 3. The maximum Gasteiger partial charge on any atom is 0.0632 e. The Hall–Kier alpha value is -0.380. The van der Waals surface area contributed by atoms with E-state index in [4.69, 9.17) is 10.8 Å². The Kier molecular flexibility index (Phi) is 3.05. The molecule has 0 radical (unpaired) electrons. The summed E-state index contributed by atoms with van der Waals surface area (Å²) < 4.78 is 0. The quantitative estimate of drug-likeness (QED) is 0.720. The van der Waals surface area contributed by atoms with Crippen LogP contribution < -0.4 is 5.73 Å². The number of hydrogen-bond donors (Lipinski definition) is 2. The van der Waals surface area contributed by atoms with Crippen LogP contribution in [0.5, 0.6) is 0 Å². The fourth-order valence-corrected chi connectivity index (χ4v) is 1.82. The average Bonchev–Trinajstić information content (AvgIpc) is 2.50. The van der Waals surface area contributed by atoms with Crippen molar-refractivity contribution in [3.05, 3.63) is 21.9 Å². The zero-order chi connectivity index (χ0) is 8.27. The van der Waals surface area contributed by atoms with Crippen LogP contribution in [-0.2, 0) is 6.42 Å². The second kappa shape index (κ2) is 3.85. The van der Waals surface area contributed by atoms with Gasteiger partial charge in [-0.3, -0.25) is 0 Å². The second-order valence-corrected chi connectivity index (χ2v) is 3.65. The first-order valence-corrected chi connectivity index (χ1v) is 4.54. The van der Waals surface area contributed by atoms with Gasteiger partial charge in [0.05, 0.1) is 12.6 Å². The van der Waals surface area contributed by atoms with E-state index in [9.17, 15) is 0 Å². The van der Waals surface area contributed by atoms with Crippen molar-refractivity contribution in [3.8, 4) is 0 Å². The van der Waals surface area contributed by atoms with Crippen LogP contribution in [0.1, 0.15) is 22.7 Å². The molecule has 2 nitrogen and oxygen atoms in total. The third kappa shape index (κ3) is 2.02. The highest BCUT2D eigenvalue weighted by molar-refractivity contribution is 7.12. The monoisotopic (exact) mass is 171 g/mol. The van der Waals surface area contributed by atoms with Crippen molar-refractivity contribution >= 4 is 11.3 Å². The Balaban J connectivity index is 2.71. The first kappa shape index (κ1) is 8.71. The van der Waals surface area contributed by atoms with E-state index >= 15 is 0 Å². The van der Waals surface area contributed by atoms with Gasteiger partial charge in [-0.25, -0.2) is 0 Å². The minimum atomic E-state index is -0.194. The van der Waals surface area contributed by atoms with Gasteiger partial charge in [-0.1, -0.05) is 6.92 Å². The summed E-state index contributed by atoms with van der Waals surface area (Å²) >= 11 is 1.68. The Morgan fingerprint density at radius 1 is 1.64 bits per heavy atom.